The third-order valence-corrected chi connectivity index (χ3v) is 5.37. The van der Waals surface area contributed by atoms with E-state index in [0.717, 1.165) is 42.1 Å². The van der Waals surface area contributed by atoms with Gasteiger partial charge in [0.05, 0.1) is 17.8 Å². The highest BCUT2D eigenvalue weighted by atomic mass is 19.1. The normalized spacial score (nSPS) is 14.6. The molecule has 5 nitrogen and oxygen atoms in total. The minimum absolute atomic E-state index is 0.0280. The number of aryl methyl sites for hydroxylation is 2. The number of rotatable bonds is 6. The monoisotopic (exact) mass is 382 g/mol. The van der Waals surface area contributed by atoms with Crippen molar-refractivity contribution < 1.29 is 19.0 Å². The standard InChI is InChI=1S/C22H23FN2O3/c1-25-20-8-7-15(12-16(20)13-24-25)18-10-14(6-9-21(26)27)11-19(23)22(18)28-17-4-2-3-5-17/h7-8,10-13,17H,2-6,9H2,1H3,(H,26,27). The minimum atomic E-state index is -0.898. The molecule has 0 spiro atoms. The largest absolute Gasteiger partial charge is 0.487 e. The third-order valence-electron chi connectivity index (χ3n) is 5.37. The smallest absolute Gasteiger partial charge is 0.303 e. The van der Waals surface area contributed by atoms with E-state index >= 15 is 4.39 Å². The number of carboxylic acid groups (broad SMARTS) is 1. The fraction of sp³-hybridized carbons (Fsp3) is 0.364. The van der Waals surface area contributed by atoms with Crippen molar-refractivity contribution in [2.75, 3.05) is 0 Å². The van der Waals surface area contributed by atoms with Crippen LogP contribution < -0.4 is 4.74 Å². The number of benzene rings is 2. The molecule has 1 fully saturated rings. The zero-order valence-electron chi connectivity index (χ0n) is 15.8. The molecule has 0 saturated heterocycles. The van der Waals surface area contributed by atoms with Crippen molar-refractivity contribution in [2.24, 2.45) is 7.05 Å². The molecule has 0 bridgehead atoms. The first kappa shape index (κ1) is 18.5. The highest BCUT2D eigenvalue weighted by Gasteiger charge is 2.22. The summed E-state index contributed by atoms with van der Waals surface area (Å²) >= 11 is 0. The molecule has 1 aromatic heterocycles. The summed E-state index contributed by atoms with van der Waals surface area (Å²) in [7, 11) is 1.88. The maximum absolute atomic E-state index is 15.0. The first-order valence-electron chi connectivity index (χ1n) is 9.64. The summed E-state index contributed by atoms with van der Waals surface area (Å²) in [6.07, 6.45) is 6.10. The van der Waals surface area contributed by atoms with E-state index in [-0.39, 0.29) is 24.7 Å². The molecule has 2 aromatic carbocycles. The highest BCUT2D eigenvalue weighted by molar-refractivity contribution is 5.86. The van der Waals surface area contributed by atoms with E-state index in [1.54, 1.807) is 10.9 Å². The molecule has 0 atom stereocenters. The van der Waals surface area contributed by atoms with Gasteiger partial charge < -0.3 is 9.84 Å². The fourth-order valence-electron chi connectivity index (χ4n) is 3.88. The molecular formula is C22H23FN2O3. The van der Waals surface area contributed by atoms with Gasteiger partial charge in [0, 0.05) is 24.4 Å². The Morgan fingerprint density at radius 3 is 2.82 bits per heavy atom. The molecule has 1 saturated carbocycles. The minimum Gasteiger partial charge on any atom is -0.487 e. The number of hydrogen-bond donors (Lipinski definition) is 1. The second-order valence-corrected chi connectivity index (χ2v) is 7.41. The molecule has 0 radical (unpaired) electrons. The number of carbonyl (C=O) groups is 1. The molecule has 28 heavy (non-hydrogen) atoms. The third kappa shape index (κ3) is 3.72. The molecule has 146 valence electrons. The van der Waals surface area contributed by atoms with Gasteiger partial charge in [-0.3, -0.25) is 9.48 Å². The maximum atomic E-state index is 15.0. The molecule has 1 N–H and O–H groups in total. The Bertz CT molecular complexity index is 1020. The van der Waals surface area contributed by atoms with Crippen molar-refractivity contribution in [1.82, 2.24) is 9.78 Å². The predicted molar refractivity (Wildman–Crippen MR) is 105 cm³/mol. The first-order chi connectivity index (χ1) is 13.5. The highest BCUT2D eigenvalue weighted by Crippen LogP contribution is 2.38. The van der Waals surface area contributed by atoms with E-state index in [1.807, 2.05) is 31.3 Å². The Morgan fingerprint density at radius 1 is 1.29 bits per heavy atom. The SMILES string of the molecule is Cn1ncc2cc(-c3cc(CCC(=O)O)cc(F)c3OC3CCCC3)ccc21. The van der Waals surface area contributed by atoms with Gasteiger partial charge in [0.1, 0.15) is 0 Å². The number of fused-ring (bicyclic) bond motifs is 1. The lowest BCUT2D eigenvalue weighted by molar-refractivity contribution is -0.136. The van der Waals surface area contributed by atoms with Crippen molar-refractivity contribution in [3.63, 3.8) is 0 Å². The second-order valence-electron chi connectivity index (χ2n) is 7.41. The number of nitrogens with zero attached hydrogens (tertiary/aromatic N) is 2. The van der Waals surface area contributed by atoms with Crippen LogP contribution >= 0.6 is 0 Å². The van der Waals surface area contributed by atoms with Crippen LogP contribution in [-0.2, 0) is 18.3 Å². The van der Waals surface area contributed by atoms with Gasteiger partial charge in [-0.15, -0.1) is 0 Å². The number of carboxylic acids is 1. The van der Waals surface area contributed by atoms with Gasteiger partial charge in [0.15, 0.2) is 11.6 Å². The summed E-state index contributed by atoms with van der Waals surface area (Å²) in [6.45, 7) is 0. The molecule has 0 aliphatic heterocycles. The number of aliphatic carboxylic acids is 1. The van der Waals surface area contributed by atoms with Gasteiger partial charge in [-0.05, 0) is 67.5 Å². The summed E-state index contributed by atoms with van der Waals surface area (Å²) in [5.74, 6) is -1.07. The summed E-state index contributed by atoms with van der Waals surface area (Å²) in [5, 5.41) is 14.2. The molecule has 1 heterocycles. The zero-order valence-corrected chi connectivity index (χ0v) is 15.8. The number of ether oxygens (including phenoxy) is 1. The van der Waals surface area contributed by atoms with Crippen LogP contribution in [0.2, 0.25) is 0 Å². The Balaban J connectivity index is 1.78. The molecule has 1 aliphatic carbocycles. The van der Waals surface area contributed by atoms with Gasteiger partial charge in [0.2, 0.25) is 0 Å². The van der Waals surface area contributed by atoms with E-state index in [9.17, 15) is 4.79 Å². The van der Waals surface area contributed by atoms with Crippen molar-refractivity contribution >= 4 is 16.9 Å². The van der Waals surface area contributed by atoms with Crippen molar-refractivity contribution in [2.45, 2.75) is 44.6 Å². The summed E-state index contributed by atoms with van der Waals surface area (Å²) in [5.41, 5.74) is 3.15. The Kier molecular flexibility index (Phi) is 5.03. The lowest BCUT2D eigenvalue weighted by Crippen LogP contribution is -2.13. The van der Waals surface area contributed by atoms with Crippen molar-refractivity contribution in [3.8, 4) is 16.9 Å². The van der Waals surface area contributed by atoms with E-state index in [1.165, 1.54) is 6.07 Å². The van der Waals surface area contributed by atoms with Gasteiger partial charge in [-0.25, -0.2) is 4.39 Å². The van der Waals surface area contributed by atoms with E-state index < -0.39 is 11.8 Å². The number of halogens is 1. The van der Waals surface area contributed by atoms with E-state index in [4.69, 9.17) is 9.84 Å². The van der Waals surface area contributed by atoms with Crippen LogP contribution in [0.25, 0.3) is 22.0 Å². The number of hydrogen-bond acceptors (Lipinski definition) is 3. The predicted octanol–water partition coefficient (Wildman–Crippen LogP) is 4.72. The Morgan fingerprint density at radius 2 is 2.07 bits per heavy atom. The zero-order chi connectivity index (χ0) is 19.7. The van der Waals surface area contributed by atoms with Gasteiger partial charge in [0.25, 0.3) is 0 Å². The summed E-state index contributed by atoms with van der Waals surface area (Å²) in [6, 6.07) is 9.12. The lowest BCUT2D eigenvalue weighted by Gasteiger charge is -2.19. The van der Waals surface area contributed by atoms with E-state index in [0.29, 0.717) is 11.1 Å². The Labute approximate surface area is 162 Å². The second kappa shape index (κ2) is 7.62. The quantitative estimate of drug-likeness (QED) is 0.670. The maximum Gasteiger partial charge on any atom is 0.303 e. The lowest BCUT2D eigenvalue weighted by atomic mass is 9.98. The fourth-order valence-corrected chi connectivity index (χ4v) is 3.88. The number of aromatic nitrogens is 2. The summed E-state index contributed by atoms with van der Waals surface area (Å²) < 4.78 is 22.9. The molecule has 4 rings (SSSR count). The summed E-state index contributed by atoms with van der Waals surface area (Å²) in [4.78, 5) is 10.9. The molecule has 1 aliphatic rings. The average molecular weight is 382 g/mol. The molecule has 6 heteroatoms. The molecule has 3 aromatic rings. The van der Waals surface area contributed by atoms with Crippen LogP contribution in [-0.4, -0.2) is 27.0 Å². The molecule has 0 unspecified atom stereocenters. The molecule has 0 amide bonds. The molecular weight excluding hydrogens is 359 g/mol. The van der Waals surface area contributed by atoms with E-state index in [2.05, 4.69) is 5.10 Å². The van der Waals surface area contributed by atoms with Crippen LogP contribution in [0, 0.1) is 5.82 Å². The van der Waals surface area contributed by atoms with Crippen molar-refractivity contribution in [3.05, 3.63) is 47.9 Å². The van der Waals surface area contributed by atoms with Gasteiger partial charge in [-0.1, -0.05) is 6.07 Å². The van der Waals surface area contributed by atoms with Gasteiger partial charge in [-0.2, -0.15) is 5.10 Å². The van der Waals surface area contributed by atoms with Gasteiger partial charge >= 0.3 is 5.97 Å². The topological polar surface area (TPSA) is 64.4 Å². The van der Waals surface area contributed by atoms with Crippen LogP contribution in [0.3, 0.4) is 0 Å². The van der Waals surface area contributed by atoms with Crippen LogP contribution in [0.1, 0.15) is 37.7 Å². The van der Waals surface area contributed by atoms with Crippen molar-refractivity contribution in [1.29, 1.82) is 0 Å². The van der Waals surface area contributed by atoms with Crippen LogP contribution in [0.15, 0.2) is 36.5 Å². The first-order valence-corrected chi connectivity index (χ1v) is 9.64. The van der Waals surface area contributed by atoms with Crippen LogP contribution in [0.5, 0.6) is 5.75 Å². The average Bonchev–Trinajstić information content (AvgIpc) is 3.31. The van der Waals surface area contributed by atoms with Crippen LogP contribution in [0.4, 0.5) is 4.39 Å². The Hall–Kier alpha value is -2.89.